The van der Waals surface area contributed by atoms with Crippen LogP contribution in [0.4, 0.5) is 0 Å². The number of nitrogens with one attached hydrogen (secondary N) is 3. The molecule has 0 aliphatic heterocycles. The molecule has 0 spiro atoms. The van der Waals surface area contributed by atoms with E-state index in [1.807, 2.05) is 54.6 Å². The largest absolute Gasteiger partial charge is 0.480 e. The number of aliphatic carboxylic acids is 1. The molecule has 10 heteroatoms. The minimum Gasteiger partial charge on any atom is -0.480 e. The Morgan fingerprint density at radius 3 is 2.21 bits per heavy atom. The molecular formula is C24H27N5O5. The summed E-state index contributed by atoms with van der Waals surface area (Å²) in [5, 5.41) is 15.1. The topological polar surface area (TPSA) is 180 Å². The third-order valence-electron chi connectivity index (χ3n) is 5.39. The van der Waals surface area contributed by atoms with Gasteiger partial charge in [-0.05, 0) is 23.6 Å². The summed E-state index contributed by atoms with van der Waals surface area (Å²) in [6.45, 7) is 0. The second-order valence-corrected chi connectivity index (χ2v) is 7.99. The molecule has 0 aliphatic rings. The van der Waals surface area contributed by atoms with Crippen molar-refractivity contribution in [3.8, 4) is 0 Å². The van der Waals surface area contributed by atoms with Crippen molar-refractivity contribution in [1.29, 1.82) is 0 Å². The first-order valence-electron chi connectivity index (χ1n) is 10.7. The normalized spacial score (nSPS) is 13.6. The van der Waals surface area contributed by atoms with E-state index in [1.165, 1.54) is 0 Å². The van der Waals surface area contributed by atoms with E-state index in [9.17, 15) is 24.3 Å². The van der Waals surface area contributed by atoms with E-state index < -0.39 is 48.2 Å². The molecule has 3 aromatic rings. The molecule has 0 aliphatic carbocycles. The number of carbonyl (C=O) groups excluding carboxylic acids is 3. The fourth-order valence-electron chi connectivity index (χ4n) is 3.64. The van der Waals surface area contributed by atoms with Crippen molar-refractivity contribution in [3.05, 3.63) is 71.9 Å². The lowest BCUT2D eigenvalue weighted by atomic mass is 10.0. The molecule has 1 aromatic heterocycles. The van der Waals surface area contributed by atoms with Crippen molar-refractivity contribution in [2.75, 3.05) is 0 Å². The number of H-pyrrole nitrogens is 1. The number of nitrogens with two attached hydrogens (primary N) is 2. The fraction of sp³-hybridized carbons (Fsp3) is 0.250. The van der Waals surface area contributed by atoms with Crippen LogP contribution < -0.4 is 22.1 Å². The summed E-state index contributed by atoms with van der Waals surface area (Å²) in [4.78, 5) is 51.7. The van der Waals surface area contributed by atoms with Gasteiger partial charge in [0.1, 0.15) is 12.1 Å². The molecule has 178 valence electrons. The predicted octanol–water partition coefficient (Wildman–Crippen LogP) is 0.210. The van der Waals surface area contributed by atoms with Gasteiger partial charge in [-0.1, -0.05) is 48.5 Å². The van der Waals surface area contributed by atoms with Crippen LogP contribution in [0.5, 0.6) is 0 Å². The van der Waals surface area contributed by atoms with Crippen LogP contribution in [-0.2, 0) is 32.0 Å². The Bertz CT molecular complexity index is 1180. The molecule has 8 N–H and O–H groups in total. The van der Waals surface area contributed by atoms with Gasteiger partial charge in [0.2, 0.25) is 17.7 Å². The highest BCUT2D eigenvalue weighted by Crippen LogP contribution is 2.19. The van der Waals surface area contributed by atoms with Gasteiger partial charge in [0.15, 0.2) is 0 Å². The number of carboxylic acid groups (broad SMARTS) is 1. The van der Waals surface area contributed by atoms with Gasteiger partial charge in [0.05, 0.1) is 12.5 Å². The van der Waals surface area contributed by atoms with E-state index in [4.69, 9.17) is 11.5 Å². The minimum atomic E-state index is -1.52. The van der Waals surface area contributed by atoms with Gasteiger partial charge in [0.25, 0.3) is 0 Å². The lowest BCUT2D eigenvalue weighted by Gasteiger charge is -2.22. The SMILES string of the molecule is NC(=O)C[C@H](NC(=O)[C@H](Cc1c[nH]c2ccccc12)NC(=O)[C@@H](N)Cc1ccccc1)C(=O)O. The summed E-state index contributed by atoms with van der Waals surface area (Å²) < 4.78 is 0. The highest BCUT2D eigenvalue weighted by atomic mass is 16.4. The Morgan fingerprint density at radius 2 is 1.53 bits per heavy atom. The van der Waals surface area contributed by atoms with E-state index in [-0.39, 0.29) is 12.8 Å². The summed E-state index contributed by atoms with van der Waals surface area (Å²) in [5.74, 6) is -3.62. The van der Waals surface area contributed by atoms with Gasteiger partial charge in [-0.25, -0.2) is 4.79 Å². The van der Waals surface area contributed by atoms with Gasteiger partial charge in [-0.2, -0.15) is 0 Å². The van der Waals surface area contributed by atoms with Crippen LogP contribution in [0.25, 0.3) is 10.9 Å². The molecule has 0 unspecified atom stereocenters. The second kappa shape index (κ2) is 11.1. The summed E-state index contributed by atoms with van der Waals surface area (Å²) in [5.41, 5.74) is 13.6. The van der Waals surface area contributed by atoms with Gasteiger partial charge in [-0.15, -0.1) is 0 Å². The van der Waals surface area contributed by atoms with Gasteiger partial charge in [0, 0.05) is 23.5 Å². The van der Waals surface area contributed by atoms with Crippen molar-refractivity contribution in [2.24, 2.45) is 11.5 Å². The standard InChI is InChI=1S/C24H27N5O5/c25-17(10-14-6-2-1-3-7-14)22(31)28-19(23(32)29-20(24(33)34)12-21(26)30)11-15-13-27-18-9-5-4-8-16(15)18/h1-9,13,17,19-20,27H,10-12,25H2,(H2,26,30)(H,28,31)(H,29,32)(H,33,34)/t17-,19-,20-/m0/s1. The van der Waals surface area contributed by atoms with Crippen molar-refractivity contribution in [1.82, 2.24) is 15.6 Å². The molecule has 34 heavy (non-hydrogen) atoms. The highest BCUT2D eigenvalue weighted by molar-refractivity contribution is 5.94. The van der Waals surface area contributed by atoms with Crippen molar-refractivity contribution in [3.63, 3.8) is 0 Å². The number of rotatable bonds is 11. The maximum atomic E-state index is 13.0. The van der Waals surface area contributed by atoms with Crippen LogP contribution in [0.15, 0.2) is 60.8 Å². The molecule has 2 aromatic carbocycles. The number of fused-ring (bicyclic) bond motifs is 1. The minimum absolute atomic E-state index is 0.0720. The zero-order valence-electron chi connectivity index (χ0n) is 18.4. The Labute approximate surface area is 195 Å². The average molecular weight is 466 g/mol. The quantitative estimate of drug-likeness (QED) is 0.235. The third-order valence-corrected chi connectivity index (χ3v) is 5.39. The number of aromatic nitrogens is 1. The first-order valence-corrected chi connectivity index (χ1v) is 10.7. The summed E-state index contributed by atoms with van der Waals surface area (Å²) in [6.07, 6.45) is 1.47. The molecule has 0 bridgehead atoms. The lowest BCUT2D eigenvalue weighted by Crippen LogP contribution is -2.56. The number of hydrogen-bond acceptors (Lipinski definition) is 5. The number of amides is 3. The van der Waals surface area contributed by atoms with E-state index in [2.05, 4.69) is 15.6 Å². The maximum absolute atomic E-state index is 13.0. The summed E-state index contributed by atoms with van der Waals surface area (Å²) in [7, 11) is 0. The maximum Gasteiger partial charge on any atom is 0.326 e. The molecular weight excluding hydrogens is 438 g/mol. The van der Waals surface area contributed by atoms with E-state index in [0.29, 0.717) is 0 Å². The molecule has 3 rings (SSSR count). The lowest BCUT2D eigenvalue weighted by molar-refractivity contribution is -0.143. The Kier molecular flexibility index (Phi) is 7.99. The zero-order valence-corrected chi connectivity index (χ0v) is 18.4. The van der Waals surface area contributed by atoms with Crippen molar-refractivity contribution in [2.45, 2.75) is 37.4 Å². The fourth-order valence-corrected chi connectivity index (χ4v) is 3.64. The third kappa shape index (κ3) is 6.42. The second-order valence-electron chi connectivity index (χ2n) is 7.99. The summed E-state index contributed by atoms with van der Waals surface area (Å²) >= 11 is 0. The number of primary amides is 1. The van der Waals surface area contributed by atoms with E-state index >= 15 is 0 Å². The van der Waals surface area contributed by atoms with E-state index in [1.54, 1.807) is 6.20 Å². The van der Waals surface area contributed by atoms with Crippen molar-refractivity contribution >= 4 is 34.6 Å². The monoisotopic (exact) mass is 465 g/mol. The number of carboxylic acids is 1. The zero-order chi connectivity index (χ0) is 24.7. The van der Waals surface area contributed by atoms with E-state index in [0.717, 1.165) is 22.0 Å². The molecule has 0 radical (unpaired) electrons. The number of para-hydroxylation sites is 1. The van der Waals surface area contributed by atoms with Gasteiger partial charge >= 0.3 is 5.97 Å². The molecule has 3 amide bonds. The molecule has 0 saturated heterocycles. The van der Waals surface area contributed by atoms with Crippen LogP contribution >= 0.6 is 0 Å². The number of carbonyl (C=O) groups is 4. The van der Waals surface area contributed by atoms with Gasteiger partial charge in [-0.3, -0.25) is 14.4 Å². The van der Waals surface area contributed by atoms with Crippen LogP contribution in [0.1, 0.15) is 17.5 Å². The highest BCUT2D eigenvalue weighted by Gasteiger charge is 2.29. The number of benzene rings is 2. The molecule has 1 heterocycles. The van der Waals surface area contributed by atoms with Crippen LogP contribution in [-0.4, -0.2) is 51.9 Å². The van der Waals surface area contributed by atoms with Crippen LogP contribution in [0.3, 0.4) is 0 Å². The van der Waals surface area contributed by atoms with Crippen LogP contribution in [0.2, 0.25) is 0 Å². The van der Waals surface area contributed by atoms with Gasteiger partial charge < -0.3 is 32.2 Å². The number of aromatic amines is 1. The first kappa shape index (κ1) is 24.5. The average Bonchev–Trinajstić information content (AvgIpc) is 3.21. The first-order chi connectivity index (χ1) is 16.2. The molecule has 0 fully saturated rings. The molecule has 3 atom stereocenters. The Morgan fingerprint density at radius 1 is 0.882 bits per heavy atom. The molecule has 10 nitrogen and oxygen atoms in total. The predicted molar refractivity (Wildman–Crippen MR) is 125 cm³/mol. The van der Waals surface area contributed by atoms with Crippen molar-refractivity contribution < 1.29 is 24.3 Å². The number of hydrogen-bond donors (Lipinski definition) is 6. The molecule has 0 saturated carbocycles. The summed E-state index contributed by atoms with van der Waals surface area (Å²) in [6, 6.07) is 13.0. The Balaban J connectivity index is 1.80. The van der Waals surface area contributed by atoms with Crippen LogP contribution in [0, 0.1) is 0 Å². The Hall–Kier alpha value is -4.18. The smallest absolute Gasteiger partial charge is 0.326 e.